The van der Waals surface area contributed by atoms with Crippen molar-refractivity contribution in [3.63, 3.8) is 0 Å². The van der Waals surface area contributed by atoms with Crippen molar-refractivity contribution < 1.29 is 13.7 Å². The van der Waals surface area contributed by atoms with Crippen molar-refractivity contribution in [2.45, 2.75) is 0 Å². The Morgan fingerprint density at radius 3 is 3.00 bits per heavy atom. The lowest BCUT2D eigenvalue weighted by Crippen LogP contribution is -2.02. The summed E-state index contributed by atoms with van der Waals surface area (Å²) < 4.78 is 21.9. The second kappa shape index (κ2) is 3.20. The molecule has 1 atom stereocenters. The molecule has 0 bridgehead atoms. The SMILES string of the molecule is O=S1C=[C-]N=C1c1ccc2c(c1)OCO2. The van der Waals surface area contributed by atoms with Gasteiger partial charge < -0.3 is 14.5 Å². The standard InChI is InChI=1S/C10H6NO3S/c12-15-4-3-11-10(15)7-1-2-8-9(5-7)14-6-13-8/h1-2,4-5H,6H2/q-1. The summed E-state index contributed by atoms with van der Waals surface area (Å²) in [5.41, 5.74) is 0.777. The summed E-state index contributed by atoms with van der Waals surface area (Å²) in [6.45, 7) is 0.235. The van der Waals surface area contributed by atoms with Crippen LogP contribution in [0.2, 0.25) is 0 Å². The molecule has 2 aliphatic heterocycles. The van der Waals surface area contributed by atoms with Crippen molar-refractivity contribution in [2.24, 2.45) is 4.99 Å². The van der Waals surface area contributed by atoms with Gasteiger partial charge in [-0.2, -0.15) is 0 Å². The van der Waals surface area contributed by atoms with E-state index in [9.17, 15) is 4.21 Å². The van der Waals surface area contributed by atoms with E-state index >= 15 is 0 Å². The van der Waals surface area contributed by atoms with Crippen LogP contribution >= 0.6 is 0 Å². The molecule has 0 fully saturated rings. The molecule has 1 unspecified atom stereocenters. The van der Waals surface area contributed by atoms with Crippen LogP contribution in [0, 0.1) is 6.20 Å². The summed E-state index contributed by atoms with van der Waals surface area (Å²) in [5.74, 6) is 1.37. The molecule has 0 spiro atoms. The van der Waals surface area contributed by atoms with Gasteiger partial charge >= 0.3 is 0 Å². The van der Waals surface area contributed by atoms with Gasteiger partial charge in [-0.15, -0.1) is 6.20 Å². The number of fused-ring (bicyclic) bond motifs is 1. The third-order valence-electron chi connectivity index (χ3n) is 2.14. The largest absolute Gasteiger partial charge is 0.454 e. The Labute approximate surface area is 88.7 Å². The molecule has 0 saturated heterocycles. The molecule has 15 heavy (non-hydrogen) atoms. The van der Waals surface area contributed by atoms with Crippen LogP contribution in [0.4, 0.5) is 0 Å². The lowest BCUT2D eigenvalue weighted by molar-refractivity contribution is 0.174. The number of aliphatic imine (C=N–C) groups is 1. The first kappa shape index (κ1) is 8.67. The second-order valence-electron chi connectivity index (χ2n) is 3.03. The van der Waals surface area contributed by atoms with Crippen LogP contribution in [-0.4, -0.2) is 16.0 Å². The molecule has 4 nitrogen and oxygen atoms in total. The lowest BCUT2D eigenvalue weighted by atomic mass is 10.2. The molecule has 76 valence electrons. The molecule has 0 radical (unpaired) electrons. The van der Waals surface area contributed by atoms with Crippen LogP contribution in [0.3, 0.4) is 0 Å². The Morgan fingerprint density at radius 1 is 1.33 bits per heavy atom. The Bertz CT molecular complexity index is 507. The first-order valence-electron chi connectivity index (χ1n) is 4.32. The third kappa shape index (κ3) is 1.35. The minimum atomic E-state index is -1.19. The third-order valence-corrected chi connectivity index (χ3v) is 3.16. The fourth-order valence-corrected chi connectivity index (χ4v) is 2.21. The van der Waals surface area contributed by atoms with Gasteiger partial charge in [-0.25, -0.2) is 0 Å². The van der Waals surface area contributed by atoms with Gasteiger partial charge in [-0.3, -0.25) is 4.21 Å². The highest BCUT2D eigenvalue weighted by molar-refractivity contribution is 8.04. The van der Waals surface area contributed by atoms with E-state index in [0.29, 0.717) is 16.5 Å². The molecule has 1 aromatic carbocycles. The van der Waals surface area contributed by atoms with E-state index in [0.717, 1.165) is 5.56 Å². The quantitative estimate of drug-likeness (QED) is 0.668. The maximum atomic E-state index is 11.5. The predicted molar refractivity (Wildman–Crippen MR) is 55.1 cm³/mol. The van der Waals surface area contributed by atoms with Crippen molar-refractivity contribution >= 4 is 15.8 Å². The zero-order valence-corrected chi connectivity index (χ0v) is 8.41. The van der Waals surface area contributed by atoms with Gasteiger partial charge in [0.2, 0.25) is 6.79 Å². The van der Waals surface area contributed by atoms with Crippen LogP contribution in [0.5, 0.6) is 11.5 Å². The fourth-order valence-electron chi connectivity index (χ4n) is 1.44. The molecule has 0 aromatic heterocycles. The van der Waals surface area contributed by atoms with Gasteiger partial charge in [-0.05, 0) is 28.0 Å². The minimum Gasteiger partial charge on any atom is -0.454 e. The van der Waals surface area contributed by atoms with Crippen LogP contribution in [0.15, 0.2) is 28.6 Å². The molecule has 0 N–H and O–H groups in total. The fraction of sp³-hybridized carbons (Fsp3) is 0.100. The highest BCUT2D eigenvalue weighted by atomic mass is 32.2. The number of nitrogens with zero attached hydrogens (tertiary/aromatic N) is 1. The lowest BCUT2D eigenvalue weighted by Gasteiger charge is -2.08. The van der Waals surface area contributed by atoms with E-state index in [2.05, 4.69) is 11.2 Å². The van der Waals surface area contributed by atoms with E-state index < -0.39 is 10.8 Å². The summed E-state index contributed by atoms with van der Waals surface area (Å²) in [6, 6.07) is 5.38. The summed E-state index contributed by atoms with van der Waals surface area (Å²) in [7, 11) is -1.19. The maximum Gasteiger partial charge on any atom is 0.231 e. The van der Waals surface area contributed by atoms with Gasteiger partial charge in [0, 0.05) is 0 Å². The van der Waals surface area contributed by atoms with Crippen LogP contribution in [0.1, 0.15) is 5.56 Å². The van der Waals surface area contributed by atoms with E-state index in [1.54, 1.807) is 12.1 Å². The highest BCUT2D eigenvalue weighted by Gasteiger charge is 2.14. The number of hydrogen-bond acceptors (Lipinski definition) is 4. The number of benzene rings is 1. The van der Waals surface area contributed by atoms with Gasteiger partial charge in [-0.1, -0.05) is 17.0 Å². The molecule has 3 rings (SSSR count). The summed E-state index contributed by atoms with van der Waals surface area (Å²) >= 11 is 0. The highest BCUT2D eigenvalue weighted by Crippen LogP contribution is 2.33. The average Bonchev–Trinajstić information content (AvgIpc) is 2.84. The van der Waals surface area contributed by atoms with Gasteiger partial charge in [0.15, 0.2) is 11.5 Å². The first-order valence-corrected chi connectivity index (χ1v) is 5.53. The Morgan fingerprint density at radius 2 is 2.20 bits per heavy atom. The van der Waals surface area contributed by atoms with Gasteiger partial charge in [0.05, 0.1) is 0 Å². The topological polar surface area (TPSA) is 47.9 Å². The molecule has 2 heterocycles. The minimum absolute atomic E-state index is 0.235. The molecule has 2 aliphatic rings. The summed E-state index contributed by atoms with van der Waals surface area (Å²) in [6.07, 6.45) is 2.58. The Balaban J connectivity index is 2.04. The predicted octanol–water partition coefficient (Wildman–Crippen LogP) is 1.20. The summed E-state index contributed by atoms with van der Waals surface area (Å²) in [5, 5.41) is 1.94. The molecule has 5 heteroatoms. The van der Waals surface area contributed by atoms with E-state index in [1.807, 2.05) is 6.07 Å². The van der Waals surface area contributed by atoms with Gasteiger partial charge in [0.1, 0.15) is 0 Å². The van der Waals surface area contributed by atoms with Crippen LogP contribution in [-0.2, 0) is 10.8 Å². The van der Waals surface area contributed by atoms with Crippen LogP contribution in [0.25, 0.3) is 0 Å². The normalized spacial score (nSPS) is 21.9. The Hall–Kier alpha value is -1.62. The van der Waals surface area contributed by atoms with Gasteiger partial charge in [0.25, 0.3) is 0 Å². The van der Waals surface area contributed by atoms with Crippen LogP contribution < -0.4 is 9.47 Å². The maximum absolute atomic E-state index is 11.5. The first-order chi connectivity index (χ1) is 7.34. The molecule has 1 aromatic rings. The van der Waals surface area contributed by atoms with Crippen molar-refractivity contribution in [3.8, 4) is 11.5 Å². The monoisotopic (exact) mass is 220 g/mol. The number of rotatable bonds is 1. The van der Waals surface area contributed by atoms with Crippen molar-refractivity contribution in [1.29, 1.82) is 0 Å². The molecule has 0 amide bonds. The number of hydrogen-bond donors (Lipinski definition) is 0. The smallest absolute Gasteiger partial charge is 0.231 e. The average molecular weight is 220 g/mol. The Kier molecular flexibility index (Phi) is 1.85. The van der Waals surface area contributed by atoms with E-state index in [1.165, 1.54) is 5.41 Å². The molecular formula is C10H6NO3S-. The zero-order chi connectivity index (χ0) is 10.3. The number of ether oxygens (including phenoxy) is 2. The van der Waals surface area contributed by atoms with E-state index in [4.69, 9.17) is 9.47 Å². The van der Waals surface area contributed by atoms with E-state index in [-0.39, 0.29) is 6.79 Å². The molecular weight excluding hydrogens is 214 g/mol. The second-order valence-corrected chi connectivity index (χ2v) is 4.25. The van der Waals surface area contributed by atoms with Crippen molar-refractivity contribution in [1.82, 2.24) is 0 Å². The molecule has 0 aliphatic carbocycles. The summed E-state index contributed by atoms with van der Waals surface area (Å²) in [4.78, 5) is 3.93. The zero-order valence-electron chi connectivity index (χ0n) is 7.60. The van der Waals surface area contributed by atoms with Crippen molar-refractivity contribution in [2.75, 3.05) is 6.79 Å². The van der Waals surface area contributed by atoms with Crippen molar-refractivity contribution in [3.05, 3.63) is 35.4 Å². The molecule has 0 saturated carbocycles.